The van der Waals surface area contributed by atoms with Crippen LogP contribution in [0.3, 0.4) is 0 Å². The monoisotopic (exact) mass is 493 g/mol. The first-order valence-corrected chi connectivity index (χ1v) is 12.2. The maximum Gasteiger partial charge on any atom is 0.329 e. The Hall–Kier alpha value is -3.52. The summed E-state index contributed by atoms with van der Waals surface area (Å²) in [5, 5.41) is 5.81. The summed E-state index contributed by atoms with van der Waals surface area (Å²) < 4.78 is 5.44. The molecule has 0 bridgehead atoms. The van der Waals surface area contributed by atoms with Gasteiger partial charge >= 0.3 is 5.97 Å². The highest BCUT2D eigenvalue weighted by Gasteiger charge is 2.39. The number of nitrogens with zero attached hydrogens (tertiary/aromatic N) is 1. The van der Waals surface area contributed by atoms with Crippen LogP contribution in [0, 0.1) is 5.92 Å². The molecule has 3 amide bonds. The van der Waals surface area contributed by atoms with Crippen LogP contribution in [-0.2, 0) is 20.7 Å². The summed E-state index contributed by atoms with van der Waals surface area (Å²) in [6.07, 6.45) is 0.438. The smallest absolute Gasteiger partial charge is 0.329 e. The second-order valence-electron chi connectivity index (χ2n) is 10.3. The van der Waals surface area contributed by atoms with Gasteiger partial charge in [-0.25, -0.2) is 4.79 Å². The zero-order valence-corrected chi connectivity index (χ0v) is 21.5. The molecule has 8 heteroatoms. The molecule has 2 atom stereocenters. The third-order valence-electron chi connectivity index (χ3n) is 5.81. The molecule has 1 heterocycles. The van der Waals surface area contributed by atoms with E-state index in [0.717, 1.165) is 5.56 Å². The molecule has 2 N–H and O–H groups in total. The van der Waals surface area contributed by atoms with Crippen LogP contribution in [0.5, 0.6) is 0 Å². The average molecular weight is 494 g/mol. The molecule has 0 fully saturated rings. The second kappa shape index (κ2) is 11.5. The SMILES string of the molecule is CC(C)C(NC(=O)CNC[C@H](Cc1ccccc1)N1C(=O)c2ccccc2C1=O)C(=O)OC(C)(C)C. The number of esters is 1. The van der Waals surface area contributed by atoms with Crippen LogP contribution in [0.2, 0.25) is 0 Å². The van der Waals surface area contributed by atoms with Crippen molar-refractivity contribution in [1.82, 2.24) is 15.5 Å². The minimum atomic E-state index is -0.783. The summed E-state index contributed by atoms with van der Waals surface area (Å²) in [5.41, 5.74) is 1.07. The molecule has 3 rings (SSSR count). The summed E-state index contributed by atoms with van der Waals surface area (Å²) in [6, 6.07) is 15.1. The van der Waals surface area contributed by atoms with E-state index in [-0.39, 0.29) is 36.7 Å². The fourth-order valence-corrected chi connectivity index (χ4v) is 4.12. The highest BCUT2D eigenvalue weighted by molar-refractivity contribution is 6.21. The molecular formula is C28H35N3O5. The van der Waals surface area contributed by atoms with Crippen LogP contribution in [0.1, 0.15) is 60.9 Å². The minimum absolute atomic E-state index is 0.0829. The topological polar surface area (TPSA) is 105 Å². The number of nitrogens with one attached hydrogen (secondary N) is 2. The summed E-state index contributed by atoms with van der Waals surface area (Å²) in [5.74, 6) is -1.70. The Balaban J connectivity index is 1.67. The molecule has 1 aliphatic heterocycles. The first kappa shape index (κ1) is 27.1. The van der Waals surface area contributed by atoms with E-state index in [9.17, 15) is 19.2 Å². The zero-order valence-electron chi connectivity index (χ0n) is 21.5. The van der Waals surface area contributed by atoms with Crippen molar-refractivity contribution in [3.8, 4) is 0 Å². The Bertz CT molecular complexity index is 1070. The van der Waals surface area contributed by atoms with Gasteiger partial charge < -0.3 is 15.4 Å². The van der Waals surface area contributed by atoms with Crippen LogP contribution >= 0.6 is 0 Å². The number of carbonyl (C=O) groups excluding carboxylic acids is 4. The molecule has 1 unspecified atom stereocenters. The first-order chi connectivity index (χ1) is 17.0. The standard InChI is InChI=1S/C28H35N3O5/c1-18(2)24(27(35)36-28(3,4)5)30-23(32)17-29-16-20(15-19-11-7-6-8-12-19)31-25(33)21-13-9-10-14-22(21)26(31)34/h6-14,18,20,24,29H,15-17H2,1-5H3,(H,30,32)/t20-,24?/m0/s1. The molecule has 0 aromatic heterocycles. The molecule has 8 nitrogen and oxygen atoms in total. The van der Waals surface area contributed by atoms with Crippen molar-refractivity contribution in [2.75, 3.05) is 13.1 Å². The van der Waals surface area contributed by atoms with Gasteiger partial charge in [-0.1, -0.05) is 56.3 Å². The maximum absolute atomic E-state index is 13.1. The number of imide groups is 1. The fraction of sp³-hybridized carbons (Fsp3) is 0.429. The van der Waals surface area contributed by atoms with Gasteiger partial charge in [-0.05, 0) is 50.8 Å². The molecule has 1 aliphatic rings. The molecule has 0 saturated heterocycles. The second-order valence-corrected chi connectivity index (χ2v) is 10.3. The summed E-state index contributed by atoms with van der Waals surface area (Å²) in [7, 11) is 0. The van der Waals surface area contributed by atoms with E-state index in [4.69, 9.17) is 4.74 Å². The molecule has 36 heavy (non-hydrogen) atoms. The largest absolute Gasteiger partial charge is 0.458 e. The summed E-state index contributed by atoms with van der Waals surface area (Å²) in [6.45, 7) is 9.13. The molecule has 0 radical (unpaired) electrons. The minimum Gasteiger partial charge on any atom is -0.458 e. The fourth-order valence-electron chi connectivity index (χ4n) is 4.12. The van der Waals surface area contributed by atoms with Gasteiger partial charge in [0, 0.05) is 6.54 Å². The highest BCUT2D eigenvalue weighted by atomic mass is 16.6. The normalized spacial score (nSPS) is 15.0. The molecule has 2 aromatic rings. The lowest BCUT2D eigenvalue weighted by Crippen LogP contribution is -2.51. The summed E-state index contributed by atoms with van der Waals surface area (Å²) in [4.78, 5) is 52.7. The van der Waals surface area contributed by atoms with Gasteiger partial charge in [-0.15, -0.1) is 0 Å². The Morgan fingerprint density at radius 1 is 0.917 bits per heavy atom. The Morgan fingerprint density at radius 3 is 2.00 bits per heavy atom. The van der Waals surface area contributed by atoms with E-state index in [1.807, 2.05) is 44.2 Å². The molecule has 2 aromatic carbocycles. The van der Waals surface area contributed by atoms with Crippen molar-refractivity contribution in [2.24, 2.45) is 5.92 Å². The number of ether oxygens (including phenoxy) is 1. The third kappa shape index (κ3) is 6.79. The lowest BCUT2D eigenvalue weighted by atomic mass is 10.0. The third-order valence-corrected chi connectivity index (χ3v) is 5.81. The van der Waals surface area contributed by atoms with Crippen LogP contribution in [-0.4, -0.2) is 59.4 Å². The predicted octanol–water partition coefficient (Wildman–Crippen LogP) is 2.97. The van der Waals surface area contributed by atoms with Crippen molar-refractivity contribution < 1.29 is 23.9 Å². The van der Waals surface area contributed by atoms with Crippen LogP contribution in [0.25, 0.3) is 0 Å². The molecular weight excluding hydrogens is 458 g/mol. The lowest BCUT2D eigenvalue weighted by Gasteiger charge is -2.28. The first-order valence-electron chi connectivity index (χ1n) is 12.2. The number of amides is 3. The van der Waals surface area contributed by atoms with Crippen LogP contribution < -0.4 is 10.6 Å². The van der Waals surface area contributed by atoms with Crippen molar-refractivity contribution in [3.63, 3.8) is 0 Å². The van der Waals surface area contributed by atoms with Crippen LogP contribution in [0.15, 0.2) is 54.6 Å². The van der Waals surface area contributed by atoms with Crippen molar-refractivity contribution in [1.29, 1.82) is 0 Å². The number of fused-ring (bicyclic) bond motifs is 1. The van der Waals surface area contributed by atoms with E-state index >= 15 is 0 Å². The van der Waals surface area contributed by atoms with E-state index in [0.29, 0.717) is 17.5 Å². The number of benzene rings is 2. The quantitative estimate of drug-likeness (QED) is 0.390. The lowest BCUT2D eigenvalue weighted by molar-refractivity contribution is -0.159. The Labute approximate surface area is 212 Å². The Kier molecular flexibility index (Phi) is 8.63. The predicted molar refractivity (Wildman–Crippen MR) is 136 cm³/mol. The van der Waals surface area contributed by atoms with Crippen molar-refractivity contribution in [3.05, 3.63) is 71.3 Å². The van der Waals surface area contributed by atoms with Gasteiger partial charge in [-0.2, -0.15) is 0 Å². The van der Waals surface area contributed by atoms with E-state index < -0.39 is 23.7 Å². The van der Waals surface area contributed by atoms with Gasteiger partial charge in [0.2, 0.25) is 5.91 Å². The van der Waals surface area contributed by atoms with Gasteiger partial charge in [0.1, 0.15) is 11.6 Å². The molecule has 192 valence electrons. The molecule has 0 saturated carbocycles. The van der Waals surface area contributed by atoms with E-state index in [2.05, 4.69) is 10.6 Å². The van der Waals surface area contributed by atoms with Crippen molar-refractivity contribution in [2.45, 2.75) is 58.7 Å². The van der Waals surface area contributed by atoms with Gasteiger partial charge in [-0.3, -0.25) is 19.3 Å². The number of carbonyl (C=O) groups is 4. The van der Waals surface area contributed by atoms with Crippen molar-refractivity contribution >= 4 is 23.7 Å². The highest BCUT2D eigenvalue weighted by Crippen LogP contribution is 2.25. The van der Waals surface area contributed by atoms with Gasteiger partial charge in [0.15, 0.2) is 0 Å². The average Bonchev–Trinajstić information content (AvgIpc) is 3.06. The van der Waals surface area contributed by atoms with Gasteiger partial charge in [0.25, 0.3) is 11.8 Å². The van der Waals surface area contributed by atoms with E-state index in [1.54, 1.807) is 45.0 Å². The maximum atomic E-state index is 13.1. The number of rotatable bonds is 10. The van der Waals surface area contributed by atoms with E-state index in [1.165, 1.54) is 4.90 Å². The molecule has 0 spiro atoms. The Morgan fingerprint density at radius 2 is 1.47 bits per heavy atom. The zero-order chi connectivity index (χ0) is 26.5. The van der Waals surface area contributed by atoms with Gasteiger partial charge in [0.05, 0.1) is 23.7 Å². The molecule has 0 aliphatic carbocycles. The summed E-state index contributed by atoms with van der Waals surface area (Å²) >= 11 is 0. The van der Waals surface area contributed by atoms with Crippen LogP contribution in [0.4, 0.5) is 0 Å². The number of hydrogen-bond acceptors (Lipinski definition) is 6. The number of hydrogen-bond donors (Lipinski definition) is 2.